The van der Waals surface area contributed by atoms with Crippen molar-refractivity contribution in [2.45, 2.75) is 18.4 Å². The van der Waals surface area contributed by atoms with Crippen molar-refractivity contribution in [2.75, 3.05) is 0 Å². The summed E-state index contributed by atoms with van der Waals surface area (Å²) in [6.45, 7) is 0. The lowest BCUT2D eigenvalue weighted by atomic mass is 9.88. The molecule has 0 aromatic rings. The Morgan fingerprint density at radius 3 is 1.93 bits per heavy atom. The maximum absolute atomic E-state index is 10.8. The standard InChI is InChI=1S/C8H11NO6/c9-8(7(14)15)2-3(5(10)11)1-4(8)6(12)13/h3-4H,1-2,9H2,(H,10,11)(H,12,13)(H,14,15). The van der Waals surface area contributed by atoms with Gasteiger partial charge in [0.05, 0.1) is 11.8 Å². The normalized spacial score (nSPS) is 35.0. The van der Waals surface area contributed by atoms with Crippen molar-refractivity contribution in [2.24, 2.45) is 17.6 Å². The molecule has 7 heteroatoms. The third-order valence-electron chi connectivity index (χ3n) is 2.77. The van der Waals surface area contributed by atoms with Crippen LogP contribution >= 0.6 is 0 Å². The second-order valence-corrected chi connectivity index (χ2v) is 3.71. The van der Waals surface area contributed by atoms with E-state index in [1.807, 2.05) is 0 Å². The molecule has 5 N–H and O–H groups in total. The molecule has 0 heterocycles. The summed E-state index contributed by atoms with van der Waals surface area (Å²) in [5.74, 6) is -6.42. The average molecular weight is 217 g/mol. The van der Waals surface area contributed by atoms with Gasteiger partial charge in [0.25, 0.3) is 0 Å². The van der Waals surface area contributed by atoms with E-state index in [2.05, 4.69) is 0 Å². The van der Waals surface area contributed by atoms with E-state index in [0.717, 1.165) is 0 Å². The molecular formula is C8H11NO6. The van der Waals surface area contributed by atoms with Gasteiger partial charge in [-0.15, -0.1) is 0 Å². The van der Waals surface area contributed by atoms with Crippen LogP contribution < -0.4 is 5.73 Å². The second-order valence-electron chi connectivity index (χ2n) is 3.71. The highest BCUT2D eigenvalue weighted by molar-refractivity contribution is 5.89. The van der Waals surface area contributed by atoms with Gasteiger partial charge in [-0.05, 0) is 12.8 Å². The van der Waals surface area contributed by atoms with Crippen molar-refractivity contribution in [1.82, 2.24) is 0 Å². The lowest BCUT2D eigenvalue weighted by Gasteiger charge is -2.22. The minimum Gasteiger partial charge on any atom is -0.481 e. The summed E-state index contributed by atoms with van der Waals surface area (Å²) in [6, 6.07) is 0. The quantitative estimate of drug-likeness (QED) is 0.473. The minimum absolute atomic E-state index is 0.243. The molecule has 1 aliphatic rings. The molecule has 0 radical (unpaired) electrons. The highest BCUT2D eigenvalue weighted by atomic mass is 16.4. The predicted octanol–water partition coefficient (Wildman–Crippen LogP) is -1.04. The predicted molar refractivity (Wildman–Crippen MR) is 46.0 cm³/mol. The van der Waals surface area contributed by atoms with Gasteiger partial charge in [-0.1, -0.05) is 0 Å². The smallest absolute Gasteiger partial charge is 0.324 e. The van der Waals surface area contributed by atoms with E-state index in [9.17, 15) is 14.4 Å². The SMILES string of the molecule is NC1(C(=O)O)CC(C(=O)O)CC1C(=O)O. The molecule has 0 bridgehead atoms. The summed E-state index contributed by atoms with van der Waals surface area (Å²) in [4.78, 5) is 32.2. The molecule has 0 aliphatic heterocycles. The largest absolute Gasteiger partial charge is 0.481 e. The highest BCUT2D eigenvalue weighted by Crippen LogP contribution is 2.38. The Hall–Kier alpha value is -1.63. The lowest BCUT2D eigenvalue weighted by Crippen LogP contribution is -2.53. The molecule has 1 rings (SSSR count). The fraction of sp³-hybridized carbons (Fsp3) is 0.625. The van der Waals surface area contributed by atoms with E-state index in [4.69, 9.17) is 21.1 Å². The maximum Gasteiger partial charge on any atom is 0.324 e. The van der Waals surface area contributed by atoms with E-state index in [1.165, 1.54) is 0 Å². The topological polar surface area (TPSA) is 138 Å². The van der Waals surface area contributed by atoms with Crippen molar-refractivity contribution < 1.29 is 29.7 Å². The first-order valence-corrected chi connectivity index (χ1v) is 4.27. The van der Waals surface area contributed by atoms with Crippen molar-refractivity contribution >= 4 is 17.9 Å². The molecule has 84 valence electrons. The van der Waals surface area contributed by atoms with Gasteiger partial charge in [0.2, 0.25) is 0 Å². The molecule has 0 spiro atoms. The molecule has 3 unspecified atom stereocenters. The molecule has 0 saturated heterocycles. The number of hydrogen-bond donors (Lipinski definition) is 4. The van der Waals surface area contributed by atoms with Crippen LogP contribution in [-0.2, 0) is 14.4 Å². The van der Waals surface area contributed by atoms with Crippen LogP contribution in [0.25, 0.3) is 0 Å². The minimum atomic E-state index is -1.98. The fourth-order valence-electron chi connectivity index (χ4n) is 1.87. The zero-order chi connectivity index (χ0) is 11.8. The van der Waals surface area contributed by atoms with Gasteiger partial charge in [-0.3, -0.25) is 14.4 Å². The monoisotopic (exact) mass is 217 g/mol. The fourth-order valence-corrected chi connectivity index (χ4v) is 1.87. The highest BCUT2D eigenvalue weighted by Gasteiger charge is 2.55. The molecular weight excluding hydrogens is 206 g/mol. The summed E-state index contributed by atoms with van der Waals surface area (Å²) >= 11 is 0. The number of nitrogens with two attached hydrogens (primary N) is 1. The van der Waals surface area contributed by atoms with Crippen molar-refractivity contribution in [3.05, 3.63) is 0 Å². The molecule has 0 aromatic heterocycles. The molecule has 0 amide bonds. The van der Waals surface area contributed by atoms with Crippen molar-refractivity contribution in [3.63, 3.8) is 0 Å². The Kier molecular flexibility index (Phi) is 2.67. The van der Waals surface area contributed by atoms with Gasteiger partial charge in [0.15, 0.2) is 0 Å². The summed E-state index contributed by atoms with van der Waals surface area (Å²) < 4.78 is 0. The number of hydrogen-bond acceptors (Lipinski definition) is 4. The van der Waals surface area contributed by atoms with Crippen molar-refractivity contribution in [1.29, 1.82) is 0 Å². The van der Waals surface area contributed by atoms with Crippen LogP contribution in [0.1, 0.15) is 12.8 Å². The van der Waals surface area contributed by atoms with E-state index in [-0.39, 0.29) is 12.8 Å². The van der Waals surface area contributed by atoms with Crippen LogP contribution in [0.3, 0.4) is 0 Å². The Labute approximate surface area is 84.5 Å². The van der Waals surface area contributed by atoms with Crippen LogP contribution in [0.5, 0.6) is 0 Å². The molecule has 7 nitrogen and oxygen atoms in total. The molecule has 15 heavy (non-hydrogen) atoms. The van der Waals surface area contributed by atoms with Gasteiger partial charge in [-0.25, -0.2) is 0 Å². The van der Waals surface area contributed by atoms with Crippen LogP contribution in [0.15, 0.2) is 0 Å². The Morgan fingerprint density at radius 2 is 1.67 bits per heavy atom. The van der Waals surface area contributed by atoms with E-state index < -0.39 is 35.3 Å². The molecule has 1 aliphatic carbocycles. The van der Waals surface area contributed by atoms with Gasteiger partial charge in [0, 0.05) is 0 Å². The number of rotatable bonds is 3. The van der Waals surface area contributed by atoms with Crippen LogP contribution in [0.4, 0.5) is 0 Å². The molecule has 0 aromatic carbocycles. The zero-order valence-electron chi connectivity index (χ0n) is 7.71. The summed E-state index contributed by atoms with van der Waals surface area (Å²) in [5.41, 5.74) is 3.45. The van der Waals surface area contributed by atoms with Gasteiger partial charge in [-0.2, -0.15) is 0 Å². The first-order valence-electron chi connectivity index (χ1n) is 4.27. The first kappa shape index (κ1) is 11.4. The van der Waals surface area contributed by atoms with Crippen molar-refractivity contribution in [3.8, 4) is 0 Å². The van der Waals surface area contributed by atoms with E-state index in [1.54, 1.807) is 0 Å². The Balaban J connectivity index is 3.00. The second kappa shape index (κ2) is 3.50. The third-order valence-corrected chi connectivity index (χ3v) is 2.77. The number of carboxylic acids is 3. The van der Waals surface area contributed by atoms with E-state index in [0.29, 0.717) is 0 Å². The number of carbonyl (C=O) groups is 3. The summed E-state index contributed by atoms with van der Waals surface area (Å²) in [7, 11) is 0. The number of aliphatic carboxylic acids is 3. The third kappa shape index (κ3) is 1.78. The molecule has 1 fully saturated rings. The van der Waals surface area contributed by atoms with Gasteiger partial charge >= 0.3 is 17.9 Å². The Bertz CT molecular complexity index is 327. The number of carboxylic acid groups (broad SMARTS) is 3. The van der Waals surface area contributed by atoms with Crippen LogP contribution in [-0.4, -0.2) is 38.8 Å². The average Bonchev–Trinajstić information content (AvgIpc) is 2.44. The molecule has 1 saturated carbocycles. The van der Waals surface area contributed by atoms with Gasteiger partial charge < -0.3 is 21.1 Å². The lowest BCUT2D eigenvalue weighted by molar-refractivity contribution is -0.153. The first-order chi connectivity index (χ1) is 6.79. The molecule has 3 atom stereocenters. The zero-order valence-corrected chi connectivity index (χ0v) is 7.71. The summed E-state index contributed by atoms with van der Waals surface area (Å²) in [6.07, 6.45) is -0.595. The van der Waals surface area contributed by atoms with Gasteiger partial charge in [0.1, 0.15) is 5.54 Å². The van der Waals surface area contributed by atoms with Crippen LogP contribution in [0.2, 0.25) is 0 Å². The van der Waals surface area contributed by atoms with Crippen LogP contribution in [0, 0.1) is 11.8 Å². The van der Waals surface area contributed by atoms with E-state index >= 15 is 0 Å². The Morgan fingerprint density at radius 1 is 1.13 bits per heavy atom. The summed E-state index contributed by atoms with van der Waals surface area (Å²) in [5, 5.41) is 26.3. The maximum atomic E-state index is 10.8.